The third-order valence-corrected chi connectivity index (χ3v) is 4.72. The predicted octanol–water partition coefficient (Wildman–Crippen LogP) is 3.00. The minimum Gasteiger partial charge on any atom is -0.308 e. The Bertz CT molecular complexity index is 223. The molecular formula is C15H32N2S. The average Bonchev–Trinajstić information content (AvgIpc) is 2.74. The van der Waals surface area contributed by atoms with E-state index in [0.717, 1.165) is 18.2 Å². The molecule has 0 bridgehead atoms. The molecule has 1 fully saturated rings. The van der Waals surface area contributed by atoms with Crippen LogP contribution in [0.25, 0.3) is 0 Å². The first-order valence-electron chi connectivity index (χ1n) is 7.45. The Kier molecular flexibility index (Phi) is 7.04. The van der Waals surface area contributed by atoms with E-state index in [1.807, 2.05) is 0 Å². The summed E-state index contributed by atoms with van der Waals surface area (Å²) in [5.74, 6) is 1.81. The fraction of sp³-hybridized carbons (Fsp3) is 1.00. The van der Waals surface area contributed by atoms with Crippen molar-refractivity contribution in [2.75, 3.05) is 46.0 Å². The van der Waals surface area contributed by atoms with Crippen molar-refractivity contribution in [2.45, 2.75) is 39.5 Å². The standard InChI is InChI=1S/C15H32N2S/c1-14(2)11-17(10-9-16(3)4)12-15(13-18)7-5-6-8-15/h14,18H,5-13H2,1-4H3. The monoisotopic (exact) mass is 272 g/mol. The van der Waals surface area contributed by atoms with E-state index in [-0.39, 0.29) is 0 Å². The van der Waals surface area contributed by atoms with Crippen LogP contribution in [0.2, 0.25) is 0 Å². The third kappa shape index (κ3) is 5.50. The fourth-order valence-electron chi connectivity index (χ4n) is 3.06. The SMILES string of the molecule is CC(C)CN(CCN(C)C)CC1(CS)CCCC1. The molecule has 0 radical (unpaired) electrons. The number of hydrogen-bond acceptors (Lipinski definition) is 3. The van der Waals surface area contributed by atoms with Crippen molar-refractivity contribution in [1.29, 1.82) is 0 Å². The van der Waals surface area contributed by atoms with Gasteiger partial charge in [0, 0.05) is 26.2 Å². The number of thiol groups is 1. The highest BCUT2D eigenvalue weighted by Crippen LogP contribution is 2.39. The highest BCUT2D eigenvalue weighted by atomic mass is 32.1. The van der Waals surface area contributed by atoms with Crippen LogP contribution in [-0.4, -0.2) is 55.8 Å². The maximum absolute atomic E-state index is 4.64. The summed E-state index contributed by atoms with van der Waals surface area (Å²) in [6, 6.07) is 0. The quantitative estimate of drug-likeness (QED) is 0.679. The van der Waals surface area contributed by atoms with Crippen molar-refractivity contribution < 1.29 is 0 Å². The van der Waals surface area contributed by atoms with E-state index in [1.54, 1.807) is 0 Å². The lowest BCUT2D eigenvalue weighted by Gasteiger charge is -2.35. The molecule has 0 saturated heterocycles. The van der Waals surface area contributed by atoms with Crippen LogP contribution in [0.15, 0.2) is 0 Å². The lowest BCUT2D eigenvalue weighted by Crippen LogP contribution is -2.42. The second-order valence-electron chi connectivity index (χ2n) is 6.80. The molecule has 0 amide bonds. The molecular weight excluding hydrogens is 240 g/mol. The molecule has 0 aromatic carbocycles. The highest BCUT2D eigenvalue weighted by Gasteiger charge is 2.34. The molecule has 0 heterocycles. The topological polar surface area (TPSA) is 6.48 Å². The number of hydrogen-bond donors (Lipinski definition) is 1. The molecule has 1 aliphatic rings. The van der Waals surface area contributed by atoms with E-state index in [1.165, 1.54) is 45.3 Å². The zero-order valence-corrected chi connectivity index (χ0v) is 13.7. The second-order valence-corrected chi connectivity index (χ2v) is 7.11. The Morgan fingerprint density at radius 1 is 1.11 bits per heavy atom. The van der Waals surface area contributed by atoms with Gasteiger partial charge in [-0.1, -0.05) is 26.7 Å². The fourth-order valence-corrected chi connectivity index (χ4v) is 3.47. The van der Waals surface area contributed by atoms with Gasteiger partial charge in [-0.05, 0) is 44.0 Å². The maximum Gasteiger partial charge on any atom is 0.0109 e. The van der Waals surface area contributed by atoms with Crippen LogP contribution in [0, 0.1) is 11.3 Å². The smallest absolute Gasteiger partial charge is 0.0109 e. The summed E-state index contributed by atoms with van der Waals surface area (Å²) in [6.07, 6.45) is 5.58. The molecule has 0 spiro atoms. The van der Waals surface area contributed by atoms with Gasteiger partial charge in [0.25, 0.3) is 0 Å². The Labute approximate surface area is 120 Å². The van der Waals surface area contributed by atoms with Gasteiger partial charge in [0.05, 0.1) is 0 Å². The van der Waals surface area contributed by atoms with Crippen LogP contribution in [0.1, 0.15) is 39.5 Å². The van der Waals surface area contributed by atoms with Gasteiger partial charge >= 0.3 is 0 Å². The number of rotatable bonds is 8. The summed E-state index contributed by atoms with van der Waals surface area (Å²) < 4.78 is 0. The first kappa shape index (κ1) is 16.3. The van der Waals surface area contributed by atoms with Crippen molar-refractivity contribution in [3.05, 3.63) is 0 Å². The zero-order chi connectivity index (χ0) is 13.6. The molecule has 0 atom stereocenters. The number of likely N-dealkylation sites (N-methyl/N-ethyl adjacent to an activating group) is 1. The third-order valence-electron chi connectivity index (χ3n) is 4.05. The van der Waals surface area contributed by atoms with Crippen molar-refractivity contribution >= 4 is 12.6 Å². The largest absolute Gasteiger partial charge is 0.308 e. The Morgan fingerprint density at radius 2 is 1.72 bits per heavy atom. The first-order valence-corrected chi connectivity index (χ1v) is 8.09. The van der Waals surface area contributed by atoms with Crippen molar-refractivity contribution in [1.82, 2.24) is 9.80 Å². The van der Waals surface area contributed by atoms with Crippen LogP contribution in [0.3, 0.4) is 0 Å². The minimum atomic E-state index is 0.504. The highest BCUT2D eigenvalue weighted by molar-refractivity contribution is 7.80. The summed E-state index contributed by atoms with van der Waals surface area (Å²) in [6.45, 7) is 9.48. The van der Waals surface area contributed by atoms with E-state index in [4.69, 9.17) is 0 Å². The van der Waals surface area contributed by atoms with Crippen LogP contribution in [0.5, 0.6) is 0 Å². The Morgan fingerprint density at radius 3 is 2.17 bits per heavy atom. The molecule has 1 aliphatic carbocycles. The average molecular weight is 273 g/mol. The molecule has 1 rings (SSSR count). The van der Waals surface area contributed by atoms with Crippen molar-refractivity contribution in [2.24, 2.45) is 11.3 Å². The molecule has 0 aliphatic heterocycles. The second kappa shape index (κ2) is 7.76. The van der Waals surface area contributed by atoms with E-state index < -0.39 is 0 Å². The molecule has 0 aromatic heterocycles. The van der Waals surface area contributed by atoms with Crippen molar-refractivity contribution in [3.63, 3.8) is 0 Å². The van der Waals surface area contributed by atoms with E-state index >= 15 is 0 Å². The van der Waals surface area contributed by atoms with Crippen LogP contribution in [-0.2, 0) is 0 Å². The summed E-state index contributed by atoms with van der Waals surface area (Å²) in [5, 5.41) is 0. The molecule has 2 nitrogen and oxygen atoms in total. The normalized spacial score (nSPS) is 19.3. The number of nitrogens with zero attached hydrogens (tertiary/aromatic N) is 2. The molecule has 0 N–H and O–H groups in total. The summed E-state index contributed by atoms with van der Waals surface area (Å²) >= 11 is 4.64. The summed E-state index contributed by atoms with van der Waals surface area (Å²) in [7, 11) is 4.33. The van der Waals surface area contributed by atoms with E-state index in [2.05, 4.69) is 50.4 Å². The van der Waals surface area contributed by atoms with Crippen molar-refractivity contribution in [3.8, 4) is 0 Å². The minimum absolute atomic E-state index is 0.504. The van der Waals surface area contributed by atoms with Gasteiger partial charge < -0.3 is 9.80 Å². The first-order chi connectivity index (χ1) is 8.47. The molecule has 0 unspecified atom stereocenters. The zero-order valence-electron chi connectivity index (χ0n) is 12.8. The van der Waals surface area contributed by atoms with Crippen LogP contribution < -0.4 is 0 Å². The summed E-state index contributed by atoms with van der Waals surface area (Å²) in [4.78, 5) is 4.96. The maximum atomic E-state index is 4.64. The molecule has 18 heavy (non-hydrogen) atoms. The van der Waals surface area contributed by atoms with Gasteiger partial charge in [-0.3, -0.25) is 0 Å². The van der Waals surface area contributed by atoms with Gasteiger partial charge in [0.1, 0.15) is 0 Å². The predicted molar refractivity (Wildman–Crippen MR) is 84.6 cm³/mol. The van der Waals surface area contributed by atoms with Crippen LogP contribution >= 0.6 is 12.6 Å². The molecule has 1 saturated carbocycles. The van der Waals surface area contributed by atoms with E-state index in [9.17, 15) is 0 Å². The molecule has 108 valence electrons. The molecule has 0 aromatic rings. The van der Waals surface area contributed by atoms with Gasteiger partial charge in [0.2, 0.25) is 0 Å². The van der Waals surface area contributed by atoms with Crippen LogP contribution in [0.4, 0.5) is 0 Å². The van der Waals surface area contributed by atoms with E-state index in [0.29, 0.717) is 5.41 Å². The van der Waals surface area contributed by atoms with Gasteiger partial charge in [-0.15, -0.1) is 0 Å². The Balaban J connectivity index is 2.52. The van der Waals surface area contributed by atoms with Gasteiger partial charge in [0.15, 0.2) is 0 Å². The molecule has 3 heteroatoms. The summed E-state index contributed by atoms with van der Waals surface area (Å²) in [5.41, 5.74) is 0.504. The van der Waals surface area contributed by atoms with Gasteiger partial charge in [-0.2, -0.15) is 12.6 Å². The Hall–Kier alpha value is 0.270. The lowest BCUT2D eigenvalue weighted by atomic mass is 9.87. The van der Waals surface area contributed by atoms with Gasteiger partial charge in [-0.25, -0.2) is 0 Å². The lowest BCUT2D eigenvalue weighted by molar-refractivity contribution is 0.146.